The zero-order chi connectivity index (χ0) is 13.1. The number of nitrogens with two attached hydrogens (primary N) is 1. The van der Waals surface area contributed by atoms with Gasteiger partial charge in [-0.05, 0) is 6.07 Å². The van der Waals surface area contributed by atoms with E-state index in [2.05, 4.69) is 9.97 Å². The van der Waals surface area contributed by atoms with E-state index in [9.17, 15) is 10.1 Å². The number of halogens is 1. The second-order valence-electron chi connectivity index (χ2n) is 3.25. The molecule has 0 saturated heterocycles. The predicted octanol–water partition coefficient (Wildman–Crippen LogP) is 2.41. The standard InChI is InChI=1S/C10H7ClN4O3/c11-7-3-6(15(16)17)1-2-8(7)18-10-5-13-9(12)4-14-10/h1-5H,(H2,12,13). The lowest BCUT2D eigenvalue weighted by molar-refractivity contribution is -0.384. The first kappa shape index (κ1) is 12.1. The number of non-ortho nitro benzene ring substituents is 1. The van der Waals surface area contributed by atoms with Crippen LogP contribution in [0.15, 0.2) is 30.6 Å². The van der Waals surface area contributed by atoms with Crippen LogP contribution in [0, 0.1) is 10.1 Å². The summed E-state index contributed by atoms with van der Waals surface area (Å²) >= 11 is 5.85. The molecule has 0 spiro atoms. The summed E-state index contributed by atoms with van der Waals surface area (Å²) in [7, 11) is 0. The first-order chi connectivity index (χ1) is 8.56. The minimum Gasteiger partial charge on any atom is -0.436 e. The van der Waals surface area contributed by atoms with Gasteiger partial charge in [-0.15, -0.1) is 0 Å². The number of ether oxygens (including phenoxy) is 1. The fraction of sp³-hybridized carbons (Fsp3) is 0. The van der Waals surface area contributed by atoms with Gasteiger partial charge in [0.05, 0.1) is 22.3 Å². The summed E-state index contributed by atoms with van der Waals surface area (Å²) in [4.78, 5) is 17.6. The van der Waals surface area contributed by atoms with E-state index in [1.165, 1.54) is 30.6 Å². The predicted molar refractivity (Wildman–Crippen MR) is 64.6 cm³/mol. The SMILES string of the molecule is Nc1cnc(Oc2ccc([N+](=O)[O-])cc2Cl)cn1. The maximum absolute atomic E-state index is 10.5. The quantitative estimate of drug-likeness (QED) is 0.676. The Morgan fingerprint density at radius 1 is 1.33 bits per heavy atom. The van der Waals surface area contributed by atoms with E-state index in [4.69, 9.17) is 22.1 Å². The zero-order valence-corrected chi connectivity index (χ0v) is 9.66. The highest BCUT2D eigenvalue weighted by Gasteiger charge is 2.11. The number of aromatic nitrogens is 2. The summed E-state index contributed by atoms with van der Waals surface area (Å²) in [5, 5.41) is 10.6. The molecule has 0 unspecified atom stereocenters. The molecule has 0 aliphatic heterocycles. The highest BCUT2D eigenvalue weighted by atomic mass is 35.5. The van der Waals surface area contributed by atoms with Gasteiger partial charge in [0.2, 0.25) is 5.88 Å². The fourth-order valence-corrected chi connectivity index (χ4v) is 1.39. The summed E-state index contributed by atoms with van der Waals surface area (Å²) in [5.41, 5.74) is 5.26. The van der Waals surface area contributed by atoms with E-state index in [0.717, 1.165) is 0 Å². The van der Waals surface area contributed by atoms with Crippen LogP contribution < -0.4 is 10.5 Å². The van der Waals surface area contributed by atoms with Gasteiger partial charge in [0.25, 0.3) is 5.69 Å². The third-order valence-corrected chi connectivity index (χ3v) is 2.28. The van der Waals surface area contributed by atoms with Crippen LogP contribution in [0.4, 0.5) is 11.5 Å². The van der Waals surface area contributed by atoms with Crippen LogP contribution in [0.5, 0.6) is 11.6 Å². The number of hydrogen-bond donors (Lipinski definition) is 1. The second-order valence-corrected chi connectivity index (χ2v) is 3.66. The van der Waals surface area contributed by atoms with Crippen molar-refractivity contribution in [2.75, 3.05) is 5.73 Å². The Labute approximate surface area is 106 Å². The second kappa shape index (κ2) is 4.84. The number of nitrogen functional groups attached to an aromatic ring is 1. The van der Waals surface area contributed by atoms with Gasteiger partial charge in [0.1, 0.15) is 11.6 Å². The monoisotopic (exact) mass is 266 g/mol. The lowest BCUT2D eigenvalue weighted by Crippen LogP contribution is -1.94. The number of nitro benzene ring substituents is 1. The Bertz CT molecular complexity index is 588. The molecule has 0 atom stereocenters. The molecule has 7 nitrogen and oxygen atoms in total. The van der Waals surface area contributed by atoms with Crippen molar-refractivity contribution in [1.29, 1.82) is 0 Å². The van der Waals surface area contributed by atoms with Gasteiger partial charge in [0.15, 0.2) is 0 Å². The molecular formula is C10H7ClN4O3. The lowest BCUT2D eigenvalue weighted by Gasteiger charge is -2.05. The zero-order valence-electron chi connectivity index (χ0n) is 8.91. The molecule has 18 heavy (non-hydrogen) atoms. The maximum Gasteiger partial charge on any atom is 0.271 e. The Hall–Kier alpha value is -2.41. The molecule has 0 amide bonds. The summed E-state index contributed by atoms with van der Waals surface area (Å²) in [6, 6.07) is 3.87. The average Bonchev–Trinajstić information content (AvgIpc) is 2.34. The molecule has 0 fully saturated rings. The van der Waals surface area contributed by atoms with Crippen molar-refractivity contribution in [3.63, 3.8) is 0 Å². The minimum atomic E-state index is -0.543. The van der Waals surface area contributed by atoms with Crippen molar-refractivity contribution in [2.45, 2.75) is 0 Å². The number of rotatable bonds is 3. The molecule has 0 saturated carbocycles. The Kier molecular flexibility index (Phi) is 3.24. The molecule has 1 heterocycles. The Morgan fingerprint density at radius 2 is 2.11 bits per heavy atom. The Morgan fingerprint density at radius 3 is 2.67 bits per heavy atom. The topological polar surface area (TPSA) is 104 Å². The van der Waals surface area contributed by atoms with Gasteiger partial charge in [-0.1, -0.05) is 11.6 Å². The van der Waals surface area contributed by atoms with Gasteiger partial charge in [-0.3, -0.25) is 10.1 Å². The van der Waals surface area contributed by atoms with Crippen molar-refractivity contribution in [2.24, 2.45) is 0 Å². The third-order valence-electron chi connectivity index (χ3n) is 1.99. The van der Waals surface area contributed by atoms with E-state index in [1.54, 1.807) is 0 Å². The largest absolute Gasteiger partial charge is 0.436 e. The number of nitro groups is 1. The lowest BCUT2D eigenvalue weighted by atomic mass is 10.3. The fourth-order valence-electron chi connectivity index (χ4n) is 1.18. The van der Waals surface area contributed by atoms with Crippen LogP contribution in [0.25, 0.3) is 0 Å². The smallest absolute Gasteiger partial charge is 0.271 e. The van der Waals surface area contributed by atoms with Crippen LogP contribution in [0.3, 0.4) is 0 Å². The summed E-state index contributed by atoms with van der Waals surface area (Å²) in [6.07, 6.45) is 2.65. The van der Waals surface area contributed by atoms with Gasteiger partial charge in [0, 0.05) is 12.1 Å². The summed E-state index contributed by atoms with van der Waals surface area (Å²) < 4.78 is 5.32. The molecule has 92 valence electrons. The third kappa shape index (κ3) is 2.64. The minimum absolute atomic E-state index is 0.114. The number of anilines is 1. The van der Waals surface area contributed by atoms with Crippen LogP contribution in [-0.2, 0) is 0 Å². The van der Waals surface area contributed by atoms with E-state index in [-0.39, 0.29) is 28.2 Å². The van der Waals surface area contributed by atoms with Gasteiger partial charge in [-0.2, -0.15) is 0 Å². The maximum atomic E-state index is 10.5. The number of nitrogens with zero attached hydrogens (tertiary/aromatic N) is 3. The van der Waals surface area contributed by atoms with Crippen LogP contribution in [-0.4, -0.2) is 14.9 Å². The highest BCUT2D eigenvalue weighted by Crippen LogP contribution is 2.31. The first-order valence-corrected chi connectivity index (χ1v) is 5.13. The summed E-state index contributed by atoms with van der Waals surface area (Å²) in [6.45, 7) is 0. The van der Waals surface area contributed by atoms with Crippen molar-refractivity contribution in [3.8, 4) is 11.6 Å². The van der Waals surface area contributed by atoms with Crippen molar-refractivity contribution in [3.05, 3.63) is 45.7 Å². The molecular weight excluding hydrogens is 260 g/mol. The van der Waals surface area contributed by atoms with E-state index >= 15 is 0 Å². The molecule has 2 N–H and O–H groups in total. The van der Waals surface area contributed by atoms with Crippen molar-refractivity contribution < 1.29 is 9.66 Å². The first-order valence-electron chi connectivity index (χ1n) is 4.75. The van der Waals surface area contributed by atoms with Crippen molar-refractivity contribution >= 4 is 23.1 Å². The molecule has 0 aliphatic carbocycles. The molecule has 1 aromatic heterocycles. The van der Waals surface area contributed by atoms with E-state index in [1.807, 2.05) is 0 Å². The summed E-state index contributed by atoms with van der Waals surface area (Å²) in [5.74, 6) is 0.707. The van der Waals surface area contributed by atoms with E-state index in [0.29, 0.717) is 0 Å². The van der Waals surface area contributed by atoms with Crippen LogP contribution in [0.2, 0.25) is 5.02 Å². The molecule has 2 aromatic rings. The molecule has 0 aliphatic rings. The van der Waals surface area contributed by atoms with E-state index < -0.39 is 4.92 Å². The molecule has 1 aromatic carbocycles. The molecule has 0 bridgehead atoms. The molecule has 2 rings (SSSR count). The molecule has 8 heteroatoms. The number of benzene rings is 1. The van der Waals surface area contributed by atoms with Gasteiger partial charge in [-0.25, -0.2) is 9.97 Å². The average molecular weight is 267 g/mol. The van der Waals surface area contributed by atoms with Crippen LogP contribution >= 0.6 is 11.6 Å². The normalized spacial score (nSPS) is 10.1. The van der Waals surface area contributed by atoms with Crippen LogP contribution in [0.1, 0.15) is 0 Å². The molecule has 0 radical (unpaired) electrons. The van der Waals surface area contributed by atoms with Gasteiger partial charge < -0.3 is 10.5 Å². The van der Waals surface area contributed by atoms with Crippen molar-refractivity contribution in [1.82, 2.24) is 9.97 Å². The number of hydrogen-bond acceptors (Lipinski definition) is 6. The highest BCUT2D eigenvalue weighted by molar-refractivity contribution is 6.32. The Balaban J connectivity index is 2.24. The van der Waals surface area contributed by atoms with Gasteiger partial charge >= 0.3 is 0 Å².